The summed E-state index contributed by atoms with van der Waals surface area (Å²) in [5.41, 5.74) is 1.51. The Hall–Kier alpha value is -2.50. The molecule has 0 bridgehead atoms. The van der Waals surface area contributed by atoms with E-state index in [0.717, 1.165) is 18.5 Å². The maximum atomic E-state index is 12.3. The number of hydrogen-bond acceptors (Lipinski definition) is 5. The molecular formula is C17H23N5O. The Morgan fingerprint density at radius 3 is 2.57 bits per heavy atom. The van der Waals surface area contributed by atoms with E-state index in [2.05, 4.69) is 34.1 Å². The van der Waals surface area contributed by atoms with E-state index < -0.39 is 0 Å². The van der Waals surface area contributed by atoms with E-state index in [1.807, 2.05) is 12.1 Å². The predicted octanol–water partition coefficient (Wildman–Crippen LogP) is 2.25. The number of nitrogens with one attached hydrogen (secondary N) is 1. The zero-order valence-corrected chi connectivity index (χ0v) is 13.9. The molecule has 0 spiro atoms. The first-order chi connectivity index (χ1) is 11.1. The molecule has 1 amide bonds. The van der Waals surface area contributed by atoms with Crippen molar-refractivity contribution in [3.05, 3.63) is 48.2 Å². The predicted molar refractivity (Wildman–Crippen MR) is 90.3 cm³/mol. The molecule has 6 nitrogen and oxygen atoms in total. The number of likely N-dealkylation sites (N-methyl/N-ethyl adjacent to an activating group) is 1. The summed E-state index contributed by atoms with van der Waals surface area (Å²) in [6, 6.07) is 3.90. The van der Waals surface area contributed by atoms with Crippen LogP contribution in [0.15, 0.2) is 36.9 Å². The number of aromatic nitrogens is 3. The molecule has 0 saturated heterocycles. The normalized spacial score (nSPS) is 10.6. The van der Waals surface area contributed by atoms with E-state index in [4.69, 9.17) is 0 Å². The molecule has 122 valence electrons. The monoisotopic (exact) mass is 313 g/mol. The number of carbonyl (C=O) groups is 1. The van der Waals surface area contributed by atoms with Crippen LogP contribution in [0.2, 0.25) is 0 Å². The average Bonchev–Trinajstić information content (AvgIpc) is 2.58. The summed E-state index contributed by atoms with van der Waals surface area (Å²) in [5, 5.41) is 3.18. The number of amides is 1. The lowest BCUT2D eigenvalue weighted by Crippen LogP contribution is -2.29. The van der Waals surface area contributed by atoms with Crippen LogP contribution in [-0.2, 0) is 6.42 Å². The van der Waals surface area contributed by atoms with Gasteiger partial charge in [0.2, 0.25) is 0 Å². The summed E-state index contributed by atoms with van der Waals surface area (Å²) in [7, 11) is 1.77. The first kappa shape index (κ1) is 16.9. The fourth-order valence-electron chi connectivity index (χ4n) is 1.98. The fraction of sp³-hybridized carbons (Fsp3) is 0.412. The molecule has 2 rings (SSSR count). The maximum Gasteiger partial charge on any atom is 0.273 e. The largest absolute Gasteiger partial charge is 0.369 e. The number of nitrogens with zero attached hydrogens (tertiary/aromatic N) is 4. The zero-order valence-electron chi connectivity index (χ0n) is 13.9. The van der Waals surface area contributed by atoms with Gasteiger partial charge in [0.25, 0.3) is 5.91 Å². The van der Waals surface area contributed by atoms with E-state index in [0.29, 0.717) is 24.0 Å². The minimum Gasteiger partial charge on any atom is -0.369 e. The summed E-state index contributed by atoms with van der Waals surface area (Å²) in [4.78, 5) is 26.4. The van der Waals surface area contributed by atoms with Gasteiger partial charge in [0.15, 0.2) is 0 Å². The number of hydrogen-bond donors (Lipinski definition) is 1. The van der Waals surface area contributed by atoms with Crippen molar-refractivity contribution in [2.75, 3.05) is 25.5 Å². The van der Waals surface area contributed by atoms with Crippen molar-refractivity contribution in [1.29, 1.82) is 0 Å². The number of carbonyl (C=O) groups excluding carboxylic acids is 1. The molecule has 0 unspecified atom stereocenters. The van der Waals surface area contributed by atoms with Crippen molar-refractivity contribution in [1.82, 2.24) is 19.9 Å². The van der Waals surface area contributed by atoms with Gasteiger partial charge >= 0.3 is 0 Å². The van der Waals surface area contributed by atoms with Crippen LogP contribution >= 0.6 is 0 Å². The molecule has 0 aliphatic heterocycles. The van der Waals surface area contributed by atoms with Gasteiger partial charge < -0.3 is 10.2 Å². The molecule has 23 heavy (non-hydrogen) atoms. The second kappa shape index (κ2) is 8.22. The van der Waals surface area contributed by atoms with Crippen LogP contribution in [0.3, 0.4) is 0 Å². The first-order valence-corrected chi connectivity index (χ1v) is 7.76. The summed E-state index contributed by atoms with van der Waals surface area (Å²) in [6.45, 7) is 5.69. The SMILES string of the molecule is CC(C)CNc1cnc(C(=O)N(C)CCc2ccncc2)cn1. The number of pyridine rings is 1. The highest BCUT2D eigenvalue weighted by molar-refractivity contribution is 5.91. The molecule has 0 saturated carbocycles. The summed E-state index contributed by atoms with van der Waals surface area (Å²) >= 11 is 0. The molecular weight excluding hydrogens is 290 g/mol. The van der Waals surface area contributed by atoms with Crippen molar-refractivity contribution in [2.24, 2.45) is 5.92 Å². The third kappa shape index (κ3) is 5.32. The minimum atomic E-state index is -0.123. The fourth-order valence-corrected chi connectivity index (χ4v) is 1.98. The second-order valence-corrected chi connectivity index (χ2v) is 5.89. The zero-order chi connectivity index (χ0) is 16.7. The molecule has 0 aliphatic carbocycles. The first-order valence-electron chi connectivity index (χ1n) is 7.76. The Labute approximate surface area is 137 Å². The Kier molecular flexibility index (Phi) is 6.02. The van der Waals surface area contributed by atoms with Crippen molar-refractivity contribution in [3.63, 3.8) is 0 Å². The molecule has 2 heterocycles. The van der Waals surface area contributed by atoms with Crippen molar-refractivity contribution < 1.29 is 4.79 Å². The maximum absolute atomic E-state index is 12.3. The van der Waals surface area contributed by atoms with Gasteiger partial charge in [-0.1, -0.05) is 13.8 Å². The standard InChI is InChI=1S/C17H23N5O/c1-13(2)10-20-16-12-19-15(11-21-16)17(23)22(3)9-6-14-4-7-18-8-5-14/h4-5,7-8,11-13H,6,9-10H2,1-3H3,(H,20,21). The molecule has 0 atom stereocenters. The van der Waals surface area contributed by atoms with Crippen LogP contribution in [0.1, 0.15) is 29.9 Å². The van der Waals surface area contributed by atoms with Crippen LogP contribution in [0.5, 0.6) is 0 Å². The van der Waals surface area contributed by atoms with Crippen LogP contribution in [-0.4, -0.2) is 45.9 Å². The van der Waals surface area contributed by atoms with Crippen LogP contribution in [0, 0.1) is 5.92 Å². The molecule has 6 heteroatoms. The van der Waals surface area contributed by atoms with Gasteiger partial charge in [0.05, 0.1) is 12.4 Å². The lowest BCUT2D eigenvalue weighted by atomic mass is 10.2. The van der Waals surface area contributed by atoms with Gasteiger partial charge in [0.1, 0.15) is 11.5 Å². The molecule has 2 aromatic heterocycles. The molecule has 0 fully saturated rings. The summed E-state index contributed by atoms with van der Waals surface area (Å²) < 4.78 is 0. The van der Waals surface area contributed by atoms with Gasteiger partial charge in [-0.25, -0.2) is 9.97 Å². The Morgan fingerprint density at radius 2 is 1.96 bits per heavy atom. The lowest BCUT2D eigenvalue weighted by Gasteiger charge is -2.16. The van der Waals surface area contributed by atoms with Crippen LogP contribution in [0.25, 0.3) is 0 Å². The van der Waals surface area contributed by atoms with E-state index in [1.54, 1.807) is 30.5 Å². The minimum absolute atomic E-state index is 0.123. The van der Waals surface area contributed by atoms with Crippen LogP contribution < -0.4 is 5.32 Å². The van der Waals surface area contributed by atoms with Gasteiger partial charge in [-0.2, -0.15) is 0 Å². The number of rotatable bonds is 7. The Bertz CT molecular complexity index is 613. The lowest BCUT2D eigenvalue weighted by molar-refractivity contribution is 0.0790. The second-order valence-electron chi connectivity index (χ2n) is 5.89. The number of anilines is 1. The molecule has 1 N–H and O–H groups in total. The average molecular weight is 313 g/mol. The van der Waals surface area contributed by atoms with Crippen LogP contribution in [0.4, 0.5) is 5.82 Å². The third-order valence-corrected chi connectivity index (χ3v) is 3.39. The third-order valence-electron chi connectivity index (χ3n) is 3.39. The van der Waals surface area contributed by atoms with Crippen molar-refractivity contribution in [2.45, 2.75) is 20.3 Å². The molecule has 0 aromatic carbocycles. The van der Waals surface area contributed by atoms with E-state index in [1.165, 1.54) is 6.20 Å². The Morgan fingerprint density at radius 1 is 1.22 bits per heavy atom. The van der Waals surface area contributed by atoms with Gasteiger partial charge in [0, 0.05) is 32.5 Å². The summed E-state index contributed by atoms with van der Waals surface area (Å²) in [6.07, 6.45) is 7.42. The van der Waals surface area contributed by atoms with Crippen molar-refractivity contribution in [3.8, 4) is 0 Å². The summed E-state index contributed by atoms with van der Waals surface area (Å²) in [5.74, 6) is 1.09. The molecule has 2 aromatic rings. The van der Waals surface area contributed by atoms with Gasteiger partial charge in [-0.3, -0.25) is 9.78 Å². The van der Waals surface area contributed by atoms with Gasteiger partial charge in [-0.05, 0) is 30.0 Å². The van der Waals surface area contributed by atoms with E-state index >= 15 is 0 Å². The highest BCUT2D eigenvalue weighted by atomic mass is 16.2. The molecule has 0 aliphatic rings. The smallest absolute Gasteiger partial charge is 0.273 e. The van der Waals surface area contributed by atoms with E-state index in [9.17, 15) is 4.79 Å². The van der Waals surface area contributed by atoms with E-state index in [-0.39, 0.29) is 5.91 Å². The molecule has 0 radical (unpaired) electrons. The Balaban J connectivity index is 1.88. The topological polar surface area (TPSA) is 71.0 Å². The highest BCUT2D eigenvalue weighted by Crippen LogP contribution is 2.06. The van der Waals surface area contributed by atoms with Crippen molar-refractivity contribution >= 4 is 11.7 Å². The quantitative estimate of drug-likeness (QED) is 0.849. The van der Waals surface area contributed by atoms with Gasteiger partial charge in [-0.15, -0.1) is 0 Å². The highest BCUT2D eigenvalue weighted by Gasteiger charge is 2.13.